The van der Waals surface area contributed by atoms with E-state index in [4.69, 9.17) is 11.1 Å². The molecule has 0 radical (unpaired) electrons. The molecule has 2 heteroatoms. The van der Waals surface area contributed by atoms with Crippen molar-refractivity contribution < 1.29 is 0 Å². The molecule has 0 fully saturated rings. The molecule has 0 spiro atoms. The Labute approximate surface area is 50.6 Å². The normalized spacial score (nSPS) is 13.2. The average molecular weight is 114 g/mol. The zero-order valence-corrected chi connectivity index (χ0v) is 5.57. The lowest BCUT2D eigenvalue weighted by molar-refractivity contribution is 0.659. The van der Waals surface area contributed by atoms with E-state index in [1.165, 1.54) is 0 Å². The van der Waals surface area contributed by atoms with Crippen LogP contribution >= 0.6 is 0 Å². The van der Waals surface area contributed by atoms with Gasteiger partial charge in [-0.2, -0.15) is 0 Å². The minimum absolute atomic E-state index is 0.278. The van der Waals surface area contributed by atoms with Crippen LogP contribution in [0.15, 0.2) is 0 Å². The van der Waals surface area contributed by atoms with Crippen LogP contribution in [0, 0.1) is 11.3 Å². The van der Waals surface area contributed by atoms with Gasteiger partial charge in [0.2, 0.25) is 0 Å². The van der Waals surface area contributed by atoms with Gasteiger partial charge in [-0.1, -0.05) is 20.3 Å². The van der Waals surface area contributed by atoms with Crippen molar-refractivity contribution in [3.63, 3.8) is 0 Å². The lowest BCUT2D eigenvalue weighted by Crippen LogP contribution is -2.19. The lowest BCUT2D eigenvalue weighted by atomic mass is 10.1. The molecule has 0 aromatic heterocycles. The molecule has 0 aliphatic rings. The molecule has 0 saturated carbocycles. The zero-order chi connectivity index (χ0) is 6.57. The quantitative estimate of drug-likeness (QED) is 0.422. The molecule has 0 unspecified atom stereocenters. The van der Waals surface area contributed by atoms with Crippen LogP contribution in [-0.4, -0.2) is 5.84 Å². The van der Waals surface area contributed by atoms with Crippen LogP contribution < -0.4 is 5.73 Å². The van der Waals surface area contributed by atoms with Gasteiger partial charge < -0.3 is 5.73 Å². The van der Waals surface area contributed by atoms with E-state index in [0.717, 1.165) is 12.8 Å². The minimum atomic E-state index is 0.278. The highest BCUT2D eigenvalue weighted by atomic mass is 14.7. The second-order valence-electron chi connectivity index (χ2n) is 2.15. The van der Waals surface area contributed by atoms with Gasteiger partial charge in [0.15, 0.2) is 0 Å². The number of nitrogens with two attached hydrogens (primary N) is 1. The van der Waals surface area contributed by atoms with Crippen molar-refractivity contribution in [1.82, 2.24) is 0 Å². The lowest BCUT2D eigenvalue weighted by Gasteiger charge is -2.04. The van der Waals surface area contributed by atoms with Crippen molar-refractivity contribution in [3.05, 3.63) is 0 Å². The second-order valence-corrected chi connectivity index (χ2v) is 2.15. The Morgan fingerprint density at radius 1 is 1.75 bits per heavy atom. The number of hydrogen-bond donors (Lipinski definition) is 2. The Hall–Kier alpha value is -0.530. The summed E-state index contributed by atoms with van der Waals surface area (Å²) in [6, 6.07) is 0. The van der Waals surface area contributed by atoms with Gasteiger partial charge in [0, 0.05) is 5.92 Å². The van der Waals surface area contributed by atoms with Crippen molar-refractivity contribution in [2.24, 2.45) is 11.7 Å². The Morgan fingerprint density at radius 2 is 2.25 bits per heavy atom. The molecule has 0 aromatic carbocycles. The smallest absolute Gasteiger partial charge is 0.0934 e. The van der Waals surface area contributed by atoms with E-state index in [1.54, 1.807) is 0 Å². The van der Waals surface area contributed by atoms with E-state index < -0.39 is 0 Å². The molecule has 0 bridgehead atoms. The van der Waals surface area contributed by atoms with Crippen LogP contribution in [0.25, 0.3) is 0 Å². The first-order chi connectivity index (χ1) is 3.68. The van der Waals surface area contributed by atoms with Gasteiger partial charge >= 0.3 is 0 Å². The van der Waals surface area contributed by atoms with E-state index in [-0.39, 0.29) is 5.92 Å². The van der Waals surface area contributed by atoms with Crippen LogP contribution in [0.3, 0.4) is 0 Å². The highest BCUT2D eigenvalue weighted by molar-refractivity contribution is 5.79. The van der Waals surface area contributed by atoms with Crippen molar-refractivity contribution in [1.29, 1.82) is 5.41 Å². The summed E-state index contributed by atoms with van der Waals surface area (Å²) in [7, 11) is 0. The predicted octanol–water partition coefficient (Wildman–Crippen LogP) is 1.36. The standard InChI is InChI=1S/C6H14N2/c1-3-4-5(2)6(7)8/h5H,3-4H2,1-2H3,(H3,7,8)/t5-/m1/s1. The maximum Gasteiger partial charge on any atom is 0.0934 e. The van der Waals surface area contributed by atoms with E-state index in [2.05, 4.69) is 6.92 Å². The molecule has 0 heterocycles. The van der Waals surface area contributed by atoms with Crippen molar-refractivity contribution in [2.75, 3.05) is 0 Å². The molecule has 0 aliphatic carbocycles. The van der Waals surface area contributed by atoms with Gasteiger partial charge in [-0.15, -0.1) is 0 Å². The third kappa shape index (κ3) is 2.61. The van der Waals surface area contributed by atoms with Crippen LogP contribution in [0.4, 0.5) is 0 Å². The van der Waals surface area contributed by atoms with E-state index in [9.17, 15) is 0 Å². The number of hydrogen-bond acceptors (Lipinski definition) is 1. The fourth-order valence-corrected chi connectivity index (χ4v) is 0.589. The maximum atomic E-state index is 6.98. The van der Waals surface area contributed by atoms with Crippen molar-refractivity contribution in [3.8, 4) is 0 Å². The monoisotopic (exact) mass is 114 g/mol. The van der Waals surface area contributed by atoms with Crippen molar-refractivity contribution in [2.45, 2.75) is 26.7 Å². The first-order valence-electron chi connectivity index (χ1n) is 3.02. The summed E-state index contributed by atoms with van der Waals surface area (Å²) in [4.78, 5) is 0. The predicted molar refractivity (Wildman–Crippen MR) is 36.0 cm³/mol. The summed E-state index contributed by atoms with van der Waals surface area (Å²) in [6.45, 7) is 4.07. The minimum Gasteiger partial charge on any atom is -0.387 e. The molecule has 1 atom stereocenters. The average Bonchev–Trinajstić information content (AvgIpc) is 1.67. The van der Waals surface area contributed by atoms with Crippen LogP contribution in [0.1, 0.15) is 26.7 Å². The fourth-order valence-electron chi connectivity index (χ4n) is 0.589. The van der Waals surface area contributed by atoms with Crippen LogP contribution in [0.5, 0.6) is 0 Å². The zero-order valence-electron chi connectivity index (χ0n) is 5.57. The topological polar surface area (TPSA) is 49.9 Å². The highest BCUT2D eigenvalue weighted by Crippen LogP contribution is 2.02. The molecule has 8 heavy (non-hydrogen) atoms. The Bertz CT molecular complexity index is 78.6. The van der Waals surface area contributed by atoms with Gasteiger partial charge in [-0.05, 0) is 6.42 Å². The SMILES string of the molecule is CCC[C@@H](C)C(=N)N. The van der Waals surface area contributed by atoms with Gasteiger partial charge in [0.25, 0.3) is 0 Å². The summed E-state index contributed by atoms with van der Waals surface area (Å²) in [5, 5.41) is 6.98. The summed E-state index contributed by atoms with van der Waals surface area (Å²) >= 11 is 0. The molecule has 3 N–H and O–H groups in total. The van der Waals surface area contributed by atoms with E-state index in [1.807, 2.05) is 6.92 Å². The first-order valence-corrected chi connectivity index (χ1v) is 3.02. The van der Waals surface area contributed by atoms with Crippen LogP contribution in [0.2, 0.25) is 0 Å². The Kier molecular flexibility index (Phi) is 3.24. The largest absolute Gasteiger partial charge is 0.387 e. The van der Waals surface area contributed by atoms with Crippen molar-refractivity contribution >= 4 is 5.84 Å². The molecule has 0 aromatic rings. The molecule has 0 saturated heterocycles. The number of amidine groups is 1. The van der Waals surface area contributed by atoms with Gasteiger partial charge in [0.1, 0.15) is 0 Å². The molecular weight excluding hydrogens is 100 g/mol. The molecule has 0 amide bonds. The second kappa shape index (κ2) is 3.47. The van der Waals surface area contributed by atoms with Gasteiger partial charge in [-0.3, -0.25) is 5.41 Å². The molecular formula is C6H14N2. The molecule has 0 aliphatic heterocycles. The maximum absolute atomic E-state index is 6.98. The first kappa shape index (κ1) is 7.47. The Morgan fingerprint density at radius 3 is 2.38 bits per heavy atom. The molecule has 0 rings (SSSR count). The summed E-state index contributed by atoms with van der Waals surface area (Å²) < 4.78 is 0. The van der Waals surface area contributed by atoms with Gasteiger partial charge in [0.05, 0.1) is 5.84 Å². The summed E-state index contributed by atoms with van der Waals surface area (Å²) in [5.74, 6) is 0.590. The number of rotatable bonds is 3. The summed E-state index contributed by atoms with van der Waals surface area (Å²) in [5.41, 5.74) is 5.21. The highest BCUT2D eigenvalue weighted by Gasteiger charge is 2.00. The van der Waals surface area contributed by atoms with Gasteiger partial charge in [-0.25, -0.2) is 0 Å². The number of nitrogens with one attached hydrogen (secondary N) is 1. The van der Waals surface area contributed by atoms with E-state index >= 15 is 0 Å². The van der Waals surface area contributed by atoms with Crippen LogP contribution in [-0.2, 0) is 0 Å². The molecule has 48 valence electrons. The third-order valence-corrected chi connectivity index (χ3v) is 1.25. The molecule has 2 nitrogen and oxygen atoms in total. The Balaban J connectivity index is 3.32. The summed E-state index contributed by atoms with van der Waals surface area (Å²) in [6.07, 6.45) is 2.15. The third-order valence-electron chi connectivity index (χ3n) is 1.25. The fraction of sp³-hybridized carbons (Fsp3) is 0.833. The van der Waals surface area contributed by atoms with E-state index in [0.29, 0.717) is 5.84 Å².